The summed E-state index contributed by atoms with van der Waals surface area (Å²) in [4.78, 5) is 4.47. The molecule has 1 rings (SSSR count). The van der Waals surface area contributed by atoms with Gasteiger partial charge in [0.15, 0.2) is 0 Å². The SMILES string of the molecule is CON=CCc1ccc(Cl)c(F)c1. The molecule has 0 N–H and O–H groups in total. The molecule has 1 aromatic carbocycles. The fourth-order valence-corrected chi connectivity index (χ4v) is 1.00. The Hall–Kier alpha value is -1.09. The minimum absolute atomic E-state index is 0.132. The summed E-state index contributed by atoms with van der Waals surface area (Å²) in [6, 6.07) is 4.64. The van der Waals surface area contributed by atoms with Crippen LogP contribution < -0.4 is 0 Å². The first-order valence-corrected chi connectivity index (χ1v) is 4.10. The Morgan fingerprint density at radius 1 is 1.62 bits per heavy atom. The molecule has 0 aliphatic rings. The Labute approximate surface area is 81.0 Å². The second-order valence-electron chi connectivity index (χ2n) is 2.42. The monoisotopic (exact) mass is 201 g/mol. The maximum Gasteiger partial charge on any atom is 0.142 e. The Morgan fingerprint density at radius 2 is 2.38 bits per heavy atom. The van der Waals surface area contributed by atoms with Crippen LogP contribution in [0.2, 0.25) is 5.02 Å². The third kappa shape index (κ3) is 3.03. The van der Waals surface area contributed by atoms with Crippen molar-refractivity contribution in [2.24, 2.45) is 5.16 Å². The highest BCUT2D eigenvalue weighted by Gasteiger charge is 1.99. The first-order chi connectivity index (χ1) is 6.24. The molecular weight excluding hydrogens is 193 g/mol. The van der Waals surface area contributed by atoms with Gasteiger partial charge in [-0.15, -0.1) is 0 Å². The maximum absolute atomic E-state index is 12.9. The van der Waals surface area contributed by atoms with E-state index in [1.54, 1.807) is 12.3 Å². The predicted molar refractivity (Wildman–Crippen MR) is 50.6 cm³/mol. The molecule has 0 saturated carbocycles. The highest BCUT2D eigenvalue weighted by molar-refractivity contribution is 6.30. The molecule has 0 spiro atoms. The molecule has 0 heterocycles. The molecule has 0 aliphatic heterocycles. The predicted octanol–water partition coefficient (Wildman–Crippen LogP) is 2.65. The lowest BCUT2D eigenvalue weighted by Crippen LogP contribution is -1.88. The third-order valence-electron chi connectivity index (χ3n) is 1.49. The number of benzene rings is 1. The molecule has 0 saturated heterocycles. The third-order valence-corrected chi connectivity index (χ3v) is 1.80. The molecule has 0 aliphatic carbocycles. The van der Waals surface area contributed by atoms with E-state index in [-0.39, 0.29) is 5.02 Å². The second kappa shape index (κ2) is 4.82. The van der Waals surface area contributed by atoms with E-state index in [9.17, 15) is 4.39 Å². The Kier molecular flexibility index (Phi) is 3.71. The average Bonchev–Trinajstić information content (AvgIpc) is 2.12. The Balaban J connectivity index is 2.68. The van der Waals surface area contributed by atoms with Gasteiger partial charge in [-0.05, 0) is 17.7 Å². The van der Waals surface area contributed by atoms with Crippen molar-refractivity contribution in [2.75, 3.05) is 7.11 Å². The first-order valence-electron chi connectivity index (χ1n) is 3.73. The second-order valence-corrected chi connectivity index (χ2v) is 2.83. The molecule has 0 bridgehead atoms. The van der Waals surface area contributed by atoms with E-state index < -0.39 is 5.82 Å². The van der Waals surface area contributed by atoms with Gasteiger partial charge in [0.25, 0.3) is 0 Å². The van der Waals surface area contributed by atoms with E-state index in [2.05, 4.69) is 9.99 Å². The molecule has 0 radical (unpaired) electrons. The van der Waals surface area contributed by atoms with Crippen molar-refractivity contribution in [1.29, 1.82) is 0 Å². The van der Waals surface area contributed by atoms with E-state index >= 15 is 0 Å². The van der Waals surface area contributed by atoms with E-state index in [4.69, 9.17) is 11.6 Å². The standard InChI is InChI=1S/C9H9ClFNO/c1-13-12-5-4-7-2-3-8(10)9(11)6-7/h2-3,5-6H,4H2,1H3. The molecule has 2 nitrogen and oxygen atoms in total. The molecule has 4 heteroatoms. The van der Waals surface area contributed by atoms with Gasteiger partial charge in [-0.2, -0.15) is 0 Å². The summed E-state index contributed by atoms with van der Waals surface area (Å²) in [5.41, 5.74) is 0.808. The van der Waals surface area contributed by atoms with Crippen LogP contribution in [0.15, 0.2) is 23.4 Å². The van der Waals surface area contributed by atoms with Crippen molar-refractivity contribution in [3.05, 3.63) is 34.6 Å². The topological polar surface area (TPSA) is 21.6 Å². The lowest BCUT2D eigenvalue weighted by Gasteiger charge is -1.97. The van der Waals surface area contributed by atoms with E-state index in [0.29, 0.717) is 6.42 Å². The highest BCUT2D eigenvalue weighted by atomic mass is 35.5. The van der Waals surface area contributed by atoms with Crippen LogP contribution in [-0.4, -0.2) is 13.3 Å². The molecule has 0 atom stereocenters. The molecule has 13 heavy (non-hydrogen) atoms. The number of hydrogen-bond acceptors (Lipinski definition) is 2. The number of rotatable bonds is 3. The Morgan fingerprint density at radius 3 is 3.00 bits per heavy atom. The van der Waals surface area contributed by atoms with Crippen molar-refractivity contribution >= 4 is 17.8 Å². The summed E-state index contributed by atoms with van der Waals surface area (Å²) < 4.78 is 12.9. The number of nitrogens with zero attached hydrogens (tertiary/aromatic N) is 1. The zero-order chi connectivity index (χ0) is 9.68. The number of hydrogen-bond donors (Lipinski definition) is 0. The summed E-state index contributed by atoms with van der Waals surface area (Å²) >= 11 is 5.51. The van der Waals surface area contributed by atoms with Gasteiger partial charge in [0.1, 0.15) is 12.9 Å². The van der Waals surface area contributed by atoms with Crippen molar-refractivity contribution in [3.63, 3.8) is 0 Å². The molecule has 0 amide bonds. The van der Waals surface area contributed by atoms with Crippen LogP contribution in [-0.2, 0) is 11.3 Å². The minimum Gasteiger partial charge on any atom is -0.399 e. The smallest absolute Gasteiger partial charge is 0.142 e. The van der Waals surface area contributed by atoms with Crippen LogP contribution in [0.3, 0.4) is 0 Å². The van der Waals surface area contributed by atoms with Gasteiger partial charge in [0.2, 0.25) is 0 Å². The van der Waals surface area contributed by atoms with Crippen molar-refractivity contribution in [1.82, 2.24) is 0 Å². The lowest BCUT2D eigenvalue weighted by molar-refractivity contribution is 0.215. The van der Waals surface area contributed by atoms with E-state index in [1.165, 1.54) is 19.2 Å². The van der Waals surface area contributed by atoms with Crippen LogP contribution >= 0.6 is 11.6 Å². The van der Waals surface area contributed by atoms with Gasteiger partial charge >= 0.3 is 0 Å². The van der Waals surface area contributed by atoms with Crippen LogP contribution in [0.5, 0.6) is 0 Å². The summed E-state index contributed by atoms with van der Waals surface area (Å²) in [7, 11) is 1.46. The molecule has 0 fully saturated rings. The summed E-state index contributed by atoms with van der Waals surface area (Å²) in [5.74, 6) is -0.412. The normalized spacial score (nSPS) is 10.7. The minimum atomic E-state index is -0.412. The molecular formula is C9H9ClFNO. The van der Waals surface area contributed by atoms with Gasteiger partial charge in [-0.1, -0.05) is 22.8 Å². The van der Waals surface area contributed by atoms with E-state index in [1.807, 2.05) is 0 Å². The average molecular weight is 202 g/mol. The van der Waals surface area contributed by atoms with Gasteiger partial charge in [-0.3, -0.25) is 0 Å². The summed E-state index contributed by atoms with van der Waals surface area (Å²) in [6.45, 7) is 0. The molecule has 0 unspecified atom stereocenters. The fourth-order valence-electron chi connectivity index (χ4n) is 0.884. The number of halogens is 2. The zero-order valence-electron chi connectivity index (χ0n) is 7.13. The lowest BCUT2D eigenvalue weighted by atomic mass is 10.2. The van der Waals surface area contributed by atoms with Gasteiger partial charge < -0.3 is 4.84 Å². The van der Waals surface area contributed by atoms with Gasteiger partial charge in [-0.25, -0.2) is 4.39 Å². The van der Waals surface area contributed by atoms with Crippen molar-refractivity contribution in [3.8, 4) is 0 Å². The summed E-state index contributed by atoms with van der Waals surface area (Å²) in [5, 5.41) is 3.67. The van der Waals surface area contributed by atoms with Crippen molar-refractivity contribution in [2.45, 2.75) is 6.42 Å². The number of oxime groups is 1. The van der Waals surface area contributed by atoms with E-state index in [0.717, 1.165) is 5.56 Å². The molecule has 0 aromatic heterocycles. The fraction of sp³-hybridized carbons (Fsp3) is 0.222. The highest BCUT2D eigenvalue weighted by Crippen LogP contribution is 2.15. The van der Waals surface area contributed by atoms with Gasteiger partial charge in [0, 0.05) is 12.6 Å². The van der Waals surface area contributed by atoms with Crippen molar-refractivity contribution < 1.29 is 9.23 Å². The maximum atomic E-state index is 12.9. The van der Waals surface area contributed by atoms with Crippen LogP contribution in [0.4, 0.5) is 4.39 Å². The molecule has 1 aromatic rings. The summed E-state index contributed by atoms with van der Waals surface area (Å²) in [6.07, 6.45) is 2.09. The zero-order valence-corrected chi connectivity index (χ0v) is 7.88. The van der Waals surface area contributed by atoms with Crippen LogP contribution in [0, 0.1) is 5.82 Å². The first kappa shape index (κ1) is 9.99. The van der Waals surface area contributed by atoms with Crippen LogP contribution in [0.25, 0.3) is 0 Å². The van der Waals surface area contributed by atoms with Crippen LogP contribution in [0.1, 0.15) is 5.56 Å². The van der Waals surface area contributed by atoms with Gasteiger partial charge in [0.05, 0.1) is 5.02 Å². The quantitative estimate of drug-likeness (QED) is 0.544. The Bertz CT molecular complexity index is 314. The largest absolute Gasteiger partial charge is 0.399 e. The molecule has 70 valence electrons.